The van der Waals surface area contributed by atoms with Crippen molar-refractivity contribution in [3.63, 3.8) is 0 Å². The number of anilines is 1. The zero-order valence-corrected chi connectivity index (χ0v) is 19.9. The lowest BCUT2D eigenvalue weighted by Crippen LogP contribution is -2.29. The number of benzene rings is 3. The molecule has 0 aromatic heterocycles. The summed E-state index contributed by atoms with van der Waals surface area (Å²) in [6, 6.07) is 23.8. The third-order valence-electron chi connectivity index (χ3n) is 5.28. The molecule has 1 aliphatic heterocycles. The maximum Gasteiger partial charge on any atom is 0.266 e. The van der Waals surface area contributed by atoms with Gasteiger partial charge in [-0.15, -0.1) is 0 Å². The van der Waals surface area contributed by atoms with E-state index in [1.165, 1.54) is 11.8 Å². The third-order valence-corrected chi connectivity index (χ3v) is 6.65. The van der Waals surface area contributed by atoms with Crippen LogP contribution in [-0.2, 0) is 9.59 Å². The van der Waals surface area contributed by atoms with Crippen LogP contribution in [0, 0.1) is 0 Å². The Morgan fingerprint density at radius 2 is 1.76 bits per heavy atom. The maximum atomic E-state index is 12.8. The molecule has 166 valence electrons. The van der Waals surface area contributed by atoms with Crippen LogP contribution in [0.4, 0.5) is 5.69 Å². The lowest BCUT2D eigenvalue weighted by Gasteiger charge is -2.14. The fourth-order valence-corrected chi connectivity index (χ4v) is 5.06. The molecule has 33 heavy (non-hydrogen) atoms. The second kappa shape index (κ2) is 10.6. The molecule has 4 rings (SSSR count). The summed E-state index contributed by atoms with van der Waals surface area (Å²) in [5.74, 6) is -0.172. The number of allylic oxidation sites excluding steroid dienone is 2. The van der Waals surface area contributed by atoms with Crippen LogP contribution in [0.2, 0.25) is 0 Å². The molecule has 3 aromatic rings. The van der Waals surface area contributed by atoms with Crippen molar-refractivity contribution in [1.82, 2.24) is 4.90 Å². The van der Waals surface area contributed by atoms with Gasteiger partial charge >= 0.3 is 0 Å². The second-order valence-corrected chi connectivity index (χ2v) is 9.49. The van der Waals surface area contributed by atoms with Gasteiger partial charge in [0, 0.05) is 24.0 Å². The van der Waals surface area contributed by atoms with Crippen molar-refractivity contribution in [2.45, 2.75) is 19.8 Å². The molecule has 0 bridgehead atoms. The van der Waals surface area contributed by atoms with Crippen molar-refractivity contribution in [3.05, 3.63) is 94.9 Å². The molecule has 0 aliphatic carbocycles. The Hall–Kier alpha value is -3.22. The van der Waals surface area contributed by atoms with Gasteiger partial charge in [-0.05, 0) is 42.0 Å². The SMILES string of the molecule is CC(/C=C1\SC(=S)N(CCCC(=O)Nc2cccc3ccccc23)C1=O)=C\c1ccccc1. The Bertz CT molecular complexity index is 1260. The first kappa shape index (κ1) is 23.0. The van der Waals surface area contributed by atoms with E-state index in [9.17, 15) is 9.59 Å². The summed E-state index contributed by atoms with van der Waals surface area (Å²) in [5, 5.41) is 5.08. The van der Waals surface area contributed by atoms with Crippen molar-refractivity contribution in [1.29, 1.82) is 0 Å². The van der Waals surface area contributed by atoms with Crippen LogP contribution in [0.15, 0.2) is 89.4 Å². The van der Waals surface area contributed by atoms with Crippen molar-refractivity contribution < 1.29 is 9.59 Å². The minimum absolute atomic E-state index is 0.0750. The zero-order chi connectivity index (χ0) is 23.2. The summed E-state index contributed by atoms with van der Waals surface area (Å²) < 4.78 is 0.535. The van der Waals surface area contributed by atoms with Crippen LogP contribution in [-0.4, -0.2) is 27.6 Å². The van der Waals surface area contributed by atoms with Crippen LogP contribution in [0.5, 0.6) is 0 Å². The lowest BCUT2D eigenvalue weighted by atomic mass is 10.1. The summed E-state index contributed by atoms with van der Waals surface area (Å²) in [5.41, 5.74) is 2.86. The molecule has 0 unspecified atom stereocenters. The molecule has 1 aliphatic rings. The van der Waals surface area contributed by atoms with Gasteiger partial charge in [-0.1, -0.05) is 96.8 Å². The van der Waals surface area contributed by atoms with Crippen LogP contribution in [0.3, 0.4) is 0 Å². The van der Waals surface area contributed by atoms with Crippen molar-refractivity contribution in [3.8, 4) is 0 Å². The van der Waals surface area contributed by atoms with Gasteiger partial charge in [-0.3, -0.25) is 14.5 Å². The molecule has 1 saturated heterocycles. The maximum absolute atomic E-state index is 12.8. The number of hydrogen-bond acceptors (Lipinski definition) is 4. The first-order valence-electron chi connectivity index (χ1n) is 10.8. The van der Waals surface area contributed by atoms with E-state index in [4.69, 9.17) is 12.2 Å². The van der Waals surface area contributed by atoms with Crippen LogP contribution in [0.25, 0.3) is 16.8 Å². The standard InChI is InChI=1S/C27H24N2O2S2/c1-19(17-20-9-3-2-4-10-20)18-24-26(31)29(27(32)33-24)16-8-15-25(30)28-23-14-7-12-21-11-5-6-13-22(21)23/h2-7,9-14,17-18H,8,15-16H2,1H3,(H,28,30)/b19-17+,24-18-. The molecule has 2 amide bonds. The molecule has 1 fully saturated rings. The van der Waals surface area contributed by atoms with E-state index in [0.717, 1.165) is 27.6 Å². The number of rotatable bonds is 7. The summed E-state index contributed by atoms with van der Waals surface area (Å²) in [7, 11) is 0. The van der Waals surface area contributed by atoms with Crippen LogP contribution >= 0.6 is 24.0 Å². The van der Waals surface area contributed by atoms with E-state index < -0.39 is 0 Å². The molecule has 4 nitrogen and oxygen atoms in total. The Kier molecular flexibility index (Phi) is 7.37. The highest BCUT2D eigenvalue weighted by Crippen LogP contribution is 2.32. The van der Waals surface area contributed by atoms with E-state index in [-0.39, 0.29) is 11.8 Å². The number of nitrogens with one attached hydrogen (secondary N) is 1. The lowest BCUT2D eigenvalue weighted by molar-refractivity contribution is -0.122. The Morgan fingerprint density at radius 3 is 2.58 bits per heavy atom. The third kappa shape index (κ3) is 5.78. The molecular formula is C27H24N2O2S2. The van der Waals surface area contributed by atoms with Gasteiger partial charge in [-0.2, -0.15) is 0 Å². The largest absolute Gasteiger partial charge is 0.326 e. The molecule has 1 N–H and O–H groups in total. The highest BCUT2D eigenvalue weighted by atomic mass is 32.2. The number of thioether (sulfide) groups is 1. The number of thiocarbonyl (C=S) groups is 1. The fourth-order valence-electron chi connectivity index (χ4n) is 3.70. The molecular weight excluding hydrogens is 448 g/mol. The smallest absolute Gasteiger partial charge is 0.266 e. The van der Waals surface area contributed by atoms with Gasteiger partial charge in [0.15, 0.2) is 0 Å². The molecule has 0 atom stereocenters. The van der Waals surface area contributed by atoms with Crippen LogP contribution in [0.1, 0.15) is 25.3 Å². The van der Waals surface area contributed by atoms with E-state index in [2.05, 4.69) is 5.32 Å². The van der Waals surface area contributed by atoms with Gasteiger partial charge in [0.2, 0.25) is 5.91 Å². The van der Waals surface area contributed by atoms with Gasteiger partial charge in [0.1, 0.15) is 4.32 Å². The fraction of sp³-hybridized carbons (Fsp3) is 0.148. The highest BCUT2D eigenvalue weighted by Gasteiger charge is 2.31. The molecule has 0 saturated carbocycles. The monoisotopic (exact) mass is 472 g/mol. The minimum atomic E-state index is -0.0970. The number of carbonyl (C=O) groups is 2. The van der Waals surface area contributed by atoms with E-state index in [1.807, 2.05) is 91.9 Å². The predicted octanol–water partition coefficient (Wildman–Crippen LogP) is 6.41. The summed E-state index contributed by atoms with van der Waals surface area (Å²) in [4.78, 5) is 27.5. The van der Waals surface area contributed by atoms with Crippen molar-refractivity contribution >= 4 is 62.7 Å². The molecule has 6 heteroatoms. The van der Waals surface area contributed by atoms with Crippen LogP contribution < -0.4 is 5.32 Å². The summed E-state index contributed by atoms with van der Waals surface area (Å²) >= 11 is 6.73. The quantitative estimate of drug-likeness (QED) is 0.319. The van der Waals surface area contributed by atoms with Gasteiger partial charge in [0.05, 0.1) is 4.91 Å². The molecule has 1 heterocycles. The summed E-state index contributed by atoms with van der Waals surface area (Å²) in [6.45, 7) is 2.39. The average molecular weight is 473 g/mol. The number of nitrogens with zero attached hydrogens (tertiary/aromatic N) is 1. The van der Waals surface area contributed by atoms with Gasteiger partial charge in [-0.25, -0.2) is 0 Å². The highest BCUT2D eigenvalue weighted by molar-refractivity contribution is 8.26. The number of carbonyl (C=O) groups excluding carboxylic acids is 2. The van der Waals surface area contributed by atoms with Crippen molar-refractivity contribution in [2.75, 3.05) is 11.9 Å². The van der Waals surface area contributed by atoms with E-state index in [0.29, 0.717) is 28.6 Å². The molecule has 0 spiro atoms. The Morgan fingerprint density at radius 1 is 1.03 bits per heavy atom. The first-order valence-corrected chi connectivity index (χ1v) is 12.0. The van der Waals surface area contributed by atoms with Gasteiger partial charge in [0.25, 0.3) is 5.91 Å². The minimum Gasteiger partial charge on any atom is -0.326 e. The number of fused-ring (bicyclic) bond motifs is 1. The predicted molar refractivity (Wildman–Crippen MR) is 142 cm³/mol. The van der Waals surface area contributed by atoms with Crippen molar-refractivity contribution in [2.24, 2.45) is 0 Å². The Balaban J connectivity index is 1.33. The first-order chi connectivity index (χ1) is 16.0. The van der Waals surface area contributed by atoms with Gasteiger partial charge < -0.3 is 5.32 Å². The Labute approximate surface area is 203 Å². The molecule has 3 aromatic carbocycles. The van der Waals surface area contributed by atoms with E-state index >= 15 is 0 Å². The average Bonchev–Trinajstić information content (AvgIpc) is 3.07. The number of amides is 2. The number of hydrogen-bond donors (Lipinski definition) is 1. The topological polar surface area (TPSA) is 49.4 Å². The molecule has 0 radical (unpaired) electrons. The second-order valence-electron chi connectivity index (χ2n) is 7.81. The normalized spacial score (nSPS) is 15.5. The van der Waals surface area contributed by atoms with E-state index in [1.54, 1.807) is 4.90 Å². The summed E-state index contributed by atoms with van der Waals surface area (Å²) in [6.07, 6.45) is 4.76. The zero-order valence-electron chi connectivity index (χ0n) is 18.3.